The average molecular weight is 457 g/mol. The summed E-state index contributed by atoms with van der Waals surface area (Å²) in [6, 6.07) is 15.2. The van der Waals surface area contributed by atoms with E-state index in [1.165, 1.54) is 18.4 Å². The summed E-state index contributed by atoms with van der Waals surface area (Å²) in [6.45, 7) is 6.31. The van der Waals surface area contributed by atoms with Gasteiger partial charge in [-0.25, -0.2) is 4.98 Å². The van der Waals surface area contributed by atoms with Crippen LogP contribution in [0.2, 0.25) is 0 Å². The van der Waals surface area contributed by atoms with Gasteiger partial charge in [-0.3, -0.25) is 0 Å². The number of rotatable bonds is 10. The molecule has 2 aromatic carbocycles. The maximum absolute atomic E-state index is 13.7. The normalized spacial score (nSPS) is 11.6. The Kier molecular flexibility index (Phi) is 8.31. The predicted molar refractivity (Wildman–Crippen MR) is 128 cm³/mol. The summed E-state index contributed by atoms with van der Waals surface area (Å²) in [5, 5.41) is 5.93. The van der Waals surface area contributed by atoms with E-state index < -0.39 is 11.7 Å². The van der Waals surface area contributed by atoms with Crippen molar-refractivity contribution >= 4 is 23.1 Å². The van der Waals surface area contributed by atoms with E-state index >= 15 is 0 Å². The topological polar surface area (TPSA) is 49.8 Å². The summed E-state index contributed by atoms with van der Waals surface area (Å²) in [4.78, 5) is 8.09. The number of halogens is 3. The van der Waals surface area contributed by atoms with Gasteiger partial charge in [-0.15, -0.1) is 0 Å². The molecule has 1 heterocycles. The van der Waals surface area contributed by atoms with Gasteiger partial charge in [0.2, 0.25) is 5.95 Å². The van der Waals surface area contributed by atoms with Crippen LogP contribution in [-0.2, 0) is 19.0 Å². The Morgan fingerprint density at radius 2 is 1.67 bits per heavy atom. The molecule has 3 rings (SSSR count). The smallest absolute Gasteiger partial charge is 0.339 e. The maximum atomic E-state index is 13.7. The number of hydrogen-bond donors (Lipinski definition) is 2. The summed E-state index contributed by atoms with van der Waals surface area (Å²) < 4.78 is 41.0. The van der Waals surface area contributed by atoms with Crippen LogP contribution in [0.25, 0.3) is 0 Å². The largest absolute Gasteiger partial charge is 0.421 e. The molecule has 0 fully saturated rings. The molecule has 0 saturated carbocycles. The number of anilines is 4. The number of hydrogen-bond acceptors (Lipinski definition) is 4. The van der Waals surface area contributed by atoms with Crippen LogP contribution in [-0.4, -0.2) is 9.97 Å². The van der Waals surface area contributed by atoms with Gasteiger partial charge < -0.3 is 10.6 Å². The summed E-state index contributed by atoms with van der Waals surface area (Å²) in [7, 11) is 0. The highest BCUT2D eigenvalue weighted by molar-refractivity contribution is 5.65. The van der Waals surface area contributed by atoms with Gasteiger partial charge in [0.25, 0.3) is 0 Å². The third-order valence-corrected chi connectivity index (χ3v) is 5.27. The highest BCUT2D eigenvalue weighted by Crippen LogP contribution is 2.36. The van der Waals surface area contributed by atoms with Crippen molar-refractivity contribution in [3.63, 3.8) is 0 Å². The molecule has 0 aliphatic carbocycles. The number of aromatic nitrogens is 2. The van der Waals surface area contributed by atoms with Crippen LogP contribution in [0, 0.1) is 5.92 Å². The van der Waals surface area contributed by atoms with E-state index in [0.29, 0.717) is 11.6 Å². The summed E-state index contributed by atoms with van der Waals surface area (Å²) in [5.74, 6) is 0.195. The van der Waals surface area contributed by atoms with Crippen LogP contribution in [0.1, 0.15) is 56.7 Å². The van der Waals surface area contributed by atoms with Crippen LogP contribution in [0.4, 0.5) is 36.3 Å². The summed E-state index contributed by atoms with van der Waals surface area (Å²) in [6.07, 6.45) is 1.49. The van der Waals surface area contributed by atoms with Crippen molar-refractivity contribution in [1.29, 1.82) is 0 Å². The molecule has 3 aromatic rings. The highest BCUT2D eigenvalue weighted by atomic mass is 19.4. The van der Waals surface area contributed by atoms with Gasteiger partial charge in [0.1, 0.15) is 11.4 Å². The molecule has 0 amide bonds. The molecule has 176 valence electrons. The lowest BCUT2D eigenvalue weighted by Gasteiger charge is -2.17. The number of nitrogens with zero attached hydrogens (tertiary/aromatic N) is 2. The summed E-state index contributed by atoms with van der Waals surface area (Å²) in [5.41, 5.74) is 2.59. The molecular formula is C26H31F3N4. The first-order valence-corrected chi connectivity index (χ1v) is 11.4. The molecule has 0 atom stereocenters. The third kappa shape index (κ3) is 7.20. The maximum Gasteiger partial charge on any atom is 0.421 e. The Bertz CT molecular complexity index is 1030. The van der Waals surface area contributed by atoms with Gasteiger partial charge in [-0.05, 0) is 54.5 Å². The van der Waals surface area contributed by atoms with Gasteiger partial charge >= 0.3 is 6.18 Å². The molecule has 33 heavy (non-hydrogen) atoms. The fourth-order valence-electron chi connectivity index (χ4n) is 3.60. The van der Waals surface area contributed by atoms with E-state index in [2.05, 4.69) is 41.4 Å². The van der Waals surface area contributed by atoms with Crippen molar-refractivity contribution < 1.29 is 13.2 Å². The van der Waals surface area contributed by atoms with Crippen LogP contribution in [0.3, 0.4) is 0 Å². The van der Waals surface area contributed by atoms with Crippen molar-refractivity contribution in [2.45, 2.75) is 59.1 Å². The fraction of sp³-hybridized carbons (Fsp3) is 0.385. The number of aryl methyl sites for hydroxylation is 1. The number of benzene rings is 2. The van der Waals surface area contributed by atoms with Crippen LogP contribution >= 0.6 is 0 Å². The quantitative estimate of drug-likeness (QED) is 0.304. The molecule has 0 aliphatic heterocycles. The SMILES string of the molecule is CCCCCc1ccc(Nc2ncc(C(F)(F)F)c(Nc3ccccc3CC(C)C)n2)cc1. The Balaban J connectivity index is 1.84. The van der Waals surface area contributed by atoms with E-state index in [1.54, 1.807) is 12.1 Å². The number of para-hydroxylation sites is 1. The molecule has 2 N–H and O–H groups in total. The average Bonchev–Trinajstić information content (AvgIpc) is 2.75. The molecule has 0 saturated heterocycles. The van der Waals surface area contributed by atoms with Crippen molar-refractivity contribution in [2.24, 2.45) is 5.92 Å². The van der Waals surface area contributed by atoms with Gasteiger partial charge in [0, 0.05) is 17.6 Å². The molecule has 0 bridgehead atoms. The Hall–Kier alpha value is -3.09. The van der Waals surface area contributed by atoms with Gasteiger partial charge in [-0.2, -0.15) is 18.2 Å². The molecule has 1 aromatic heterocycles. The Morgan fingerprint density at radius 1 is 0.939 bits per heavy atom. The highest BCUT2D eigenvalue weighted by Gasteiger charge is 2.35. The molecule has 0 radical (unpaired) electrons. The Labute approximate surface area is 193 Å². The molecular weight excluding hydrogens is 425 g/mol. The minimum absolute atomic E-state index is 0.102. The minimum Gasteiger partial charge on any atom is -0.339 e. The van der Waals surface area contributed by atoms with Crippen molar-refractivity contribution in [1.82, 2.24) is 9.97 Å². The first-order valence-electron chi connectivity index (χ1n) is 11.4. The zero-order valence-electron chi connectivity index (χ0n) is 19.3. The van der Waals surface area contributed by atoms with E-state index in [0.717, 1.165) is 36.7 Å². The second kappa shape index (κ2) is 11.2. The second-order valence-electron chi connectivity index (χ2n) is 8.61. The predicted octanol–water partition coefficient (Wildman–Crippen LogP) is 7.91. The van der Waals surface area contributed by atoms with Crippen LogP contribution in [0.5, 0.6) is 0 Å². The minimum atomic E-state index is -4.58. The third-order valence-electron chi connectivity index (χ3n) is 5.27. The van der Waals surface area contributed by atoms with E-state index in [1.807, 2.05) is 36.4 Å². The van der Waals surface area contributed by atoms with Crippen molar-refractivity contribution in [3.8, 4) is 0 Å². The van der Waals surface area contributed by atoms with E-state index in [9.17, 15) is 13.2 Å². The number of nitrogens with one attached hydrogen (secondary N) is 2. The van der Waals surface area contributed by atoms with Crippen molar-refractivity contribution in [2.75, 3.05) is 10.6 Å². The zero-order valence-corrected chi connectivity index (χ0v) is 19.3. The molecule has 0 spiro atoms. The number of unbranched alkanes of at least 4 members (excludes halogenated alkanes) is 2. The second-order valence-corrected chi connectivity index (χ2v) is 8.61. The van der Waals surface area contributed by atoms with E-state index in [4.69, 9.17) is 0 Å². The summed E-state index contributed by atoms with van der Waals surface area (Å²) >= 11 is 0. The lowest BCUT2D eigenvalue weighted by Crippen LogP contribution is -2.13. The zero-order chi connectivity index (χ0) is 23.8. The Morgan fingerprint density at radius 3 is 2.33 bits per heavy atom. The van der Waals surface area contributed by atoms with Gasteiger partial charge in [0.05, 0.1) is 0 Å². The number of alkyl halides is 3. The monoisotopic (exact) mass is 456 g/mol. The molecule has 0 unspecified atom stereocenters. The molecule has 7 heteroatoms. The van der Waals surface area contributed by atoms with E-state index in [-0.39, 0.29) is 11.8 Å². The van der Waals surface area contributed by atoms with Crippen LogP contribution < -0.4 is 10.6 Å². The first kappa shape index (κ1) is 24.6. The fourth-order valence-corrected chi connectivity index (χ4v) is 3.60. The molecule has 4 nitrogen and oxygen atoms in total. The molecule has 0 aliphatic rings. The van der Waals surface area contributed by atoms with Gasteiger partial charge in [-0.1, -0.05) is 63.9 Å². The first-order chi connectivity index (χ1) is 15.8. The van der Waals surface area contributed by atoms with Gasteiger partial charge in [0.15, 0.2) is 0 Å². The lowest BCUT2D eigenvalue weighted by atomic mass is 10.0. The van der Waals surface area contributed by atoms with Crippen molar-refractivity contribution in [3.05, 3.63) is 71.4 Å². The lowest BCUT2D eigenvalue weighted by molar-refractivity contribution is -0.137. The standard InChI is InChI=1S/C26H31F3N4/c1-4-5-6-9-19-12-14-21(15-13-19)31-25-30-17-22(26(27,28)29)24(33-25)32-23-11-8-7-10-20(23)16-18(2)3/h7-8,10-15,17-18H,4-6,9,16H2,1-3H3,(H2,30,31,32,33). The van der Waals surface area contributed by atoms with Crippen LogP contribution in [0.15, 0.2) is 54.7 Å².